The molecule has 1 aromatic heterocycles. The number of amides is 1. The van der Waals surface area contributed by atoms with Gasteiger partial charge in [0.1, 0.15) is 5.60 Å². The molecule has 2 rings (SSSR count). The molecule has 0 aromatic carbocycles. The van der Waals surface area contributed by atoms with Crippen molar-refractivity contribution >= 4 is 6.09 Å². The molecule has 1 aromatic rings. The first-order valence-electron chi connectivity index (χ1n) is 7.22. The third-order valence-electron chi connectivity index (χ3n) is 3.32. The number of rotatable bonds is 2. The average Bonchev–Trinajstić information content (AvgIpc) is 2.40. The van der Waals surface area contributed by atoms with E-state index in [4.69, 9.17) is 4.74 Å². The van der Waals surface area contributed by atoms with E-state index in [1.54, 1.807) is 11.1 Å². The third-order valence-corrected chi connectivity index (χ3v) is 3.32. The minimum Gasteiger partial charge on any atom is -0.444 e. The molecule has 1 amide bonds. The van der Waals surface area contributed by atoms with Crippen LogP contribution in [0.5, 0.6) is 0 Å². The van der Waals surface area contributed by atoms with Gasteiger partial charge in [-0.3, -0.25) is 9.69 Å². The van der Waals surface area contributed by atoms with Crippen molar-refractivity contribution in [1.82, 2.24) is 14.8 Å². The highest BCUT2D eigenvalue weighted by Gasteiger charge is 2.25. The molecule has 0 spiro atoms. The Morgan fingerprint density at radius 1 is 1.29 bits per heavy atom. The fraction of sp³-hybridized carbons (Fsp3) is 0.600. The zero-order valence-electron chi connectivity index (χ0n) is 12.9. The summed E-state index contributed by atoms with van der Waals surface area (Å²) in [6, 6.07) is 3.66. The predicted octanol–water partition coefficient (Wildman–Crippen LogP) is 1.43. The van der Waals surface area contributed by atoms with Crippen LogP contribution in [0.15, 0.2) is 23.1 Å². The van der Waals surface area contributed by atoms with Crippen molar-refractivity contribution in [3.05, 3.63) is 34.2 Å². The van der Waals surface area contributed by atoms with Gasteiger partial charge < -0.3 is 14.6 Å². The summed E-state index contributed by atoms with van der Waals surface area (Å²) >= 11 is 0. The summed E-state index contributed by atoms with van der Waals surface area (Å²) in [6.07, 6.45) is 1.37. The van der Waals surface area contributed by atoms with Crippen molar-refractivity contribution in [3.63, 3.8) is 0 Å². The number of carbonyl (C=O) groups excluding carboxylic acids is 1. The molecule has 1 saturated heterocycles. The largest absolute Gasteiger partial charge is 0.444 e. The standard InChI is InChI=1S/C15H23N3O3/c1-15(2,3)21-14(20)18-9-7-17(8-10-18)11-12-5-4-6-16-13(12)19/h4-6H,7-11H2,1-3H3,(H,16,19). The van der Waals surface area contributed by atoms with E-state index in [2.05, 4.69) is 9.88 Å². The van der Waals surface area contributed by atoms with Crippen LogP contribution >= 0.6 is 0 Å². The Morgan fingerprint density at radius 3 is 2.52 bits per heavy atom. The molecular weight excluding hydrogens is 270 g/mol. The van der Waals surface area contributed by atoms with Crippen molar-refractivity contribution in [3.8, 4) is 0 Å². The van der Waals surface area contributed by atoms with E-state index in [1.165, 1.54) is 0 Å². The van der Waals surface area contributed by atoms with Gasteiger partial charge >= 0.3 is 6.09 Å². The van der Waals surface area contributed by atoms with Gasteiger partial charge in [0.15, 0.2) is 0 Å². The third kappa shape index (κ3) is 4.60. The number of aromatic nitrogens is 1. The summed E-state index contributed by atoms with van der Waals surface area (Å²) in [5, 5.41) is 0. The molecule has 0 atom stereocenters. The second kappa shape index (κ2) is 6.30. The van der Waals surface area contributed by atoms with Gasteiger partial charge in [-0.1, -0.05) is 6.07 Å². The first kappa shape index (κ1) is 15.6. The summed E-state index contributed by atoms with van der Waals surface area (Å²) in [5.41, 5.74) is 0.237. The number of hydrogen-bond acceptors (Lipinski definition) is 4. The van der Waals surface area contributed by atoms with Crippen molar-refractivity contribution in [2.24, 2.45) is 0 Å². The second-order valence-corrected chi connectivity index (χ2v) is 6.27. The zero-order valence-corrected chi connectivity index (χ0v) is 12.9. The molecule has 1 aliphatic rings. The van der Waals surface area contributed by atoms with E-state index in [9.17, 15) is 9.59 Å². The molecule has 2 heterocycles. The molecule has 1 aliphatic heterocycles. The van der Waals surface area contributed by atoms with E-state index in [0.717, 1.165) is 18.7 Å². The maximum Gasteiger partial charge on any atom is 0.410 e. The maximum atomic E-state index is 12.0. The molecule has 0 bridgehead atoms. The molecule has 6 nitrogen and oxygen atoms in total. The van der Waals surface area contributed by atoms with Gasteiger partial charge in [0.05, 0.1) is 0 Å². The lowest BCUT2D eigenvalue weighted by molar-refractivity contribution is 0.0138. The molecule has 0 radical (unpaired) electrons. The van der Waals surface area contributed by atoms with Gasteiger partial charge in [-0.25, -0.2) is 4.79 Å². The Hall–Kier alpha value is -1.82. The van der Waals surface area contributed by atoms with Gasteiger partial charge in [-0.15, -0.1) is 0 Å². The molecule has 6 heteroatoms. The van der Waals surface area contributed by atoms with Crippen molar-refractivity contribution < 1.29 is 9.53 Å². The van der Waals surface area contributed by atoms with Gasteiger partial charge in [-0.05, 0) is 26.8 Å². The zero-order chi connectivity index (χ0) is 15.5. The van der Waals surface area contributed by atoms with Crippen LogP contribution in [0.3, 0.4) is 0 Å². The second-order valence-electron chi connectivity index (χ2n) is 6.27. The van der Waals surface area contributed by atoms with Crippen LogP contribution in [0.4, 0.5) is 4.79 Å². The summed E-state index contributed by atoms with van der Waals surface area (Å²) in [4.78, 5) is 30.2. The molecular formula is C15H23N3O3. The van der Waals surface area contributed by atoms with Crippen LogP contribution in [-0.4, -0.2) is 52.7 Å². The van der Waals surface area contributed by atoms with Crippen LogP contribution in [0.2, 0.25) is 0 Å². The minimum absolute atomic E-state index is 0.0490. The van der Waals surface area contributed by atoms with E-state index in [1.807, 2.05) is 32.9 Å². The van der Waals surface area contributed by atoms with Crippen molar-refractivity contribution in [2.45, 2.75) is 32.9 Å². The number of hydrogen-bond donors (Lipinski definition) is 1. The lowest BCUT2D eigenvalue weighted by Gasteiger charge is -2.35. The number of piperazine rings is 1. The highest BCUT2D eigenvalue weighted by Crippen LogP contribution is 2.12. The van der Waals surface area contributed by atoms with Crippen LogP contribution in [0.1, 0.15) is 26.3 Å². The molecule has 1 fully saturated rings. The Labute approximate surface area is 124 Å². The Balaban J connectivity index is 1.85. The maximum absolute atomic E-state index is 12.0. The van der Waals surface area contributed by atoms with Crippen LogP contribution in [-0.2, 0) is 11.3 Å². The Kier molecular flexibility index (Phi) is 4.67. The fourth-order valence-corrected chi connectivity index (χ4v) is 2.24. The number of nitrogens with zero attached hydrogens (tertiary/aromatic N) is 2. The normalized spacial score (nSPS) is 16.8. The molecule has 0 saturated carbocycles. The van der Waals surface area contributed by atoms with Gasteiger partial charge in [0.25, 0.3) is 5.56 Å². The smallest absolute Gasteiger partial charge is 0.410 e. The average molecular weight is 293 g/mol. The molecule has 1 N–H and O–H groups in total. The first-order chi connectivity index (χ1) is 9.85. The first-order valence-corrected chi connectivity index (χ1v) is 7.22. The topological polar surface area (TPSA) is 65.6 Å². The van der Waals surface area contributed by atoms with Crippen LogP contribution in [0.25, 0.3) is 0 Å². The molecule has 0 aliphatic carbocycles. The number of carbonyl (C=O) groups is 1. The predicted molar refractivity (Wildman–Crippen MR) is 80.1 cm³/mol. The van der Waals surface area contributed by atoms with E-state index >= 15 is 0 Å². The lowest BCUT2D eigenvalue weighted by atomic mass is 10.2. The van der Waals surface area contributed by atoms with E-state index in [0.29, 0.717) is 19.6 Å². The van der Waals surface area contributed by atoms with Crippen molar-refractivity contribution in [1.29, 1.82) is 0 Å². The molecule has 0 unspecified atom stereocenters. The molecule has 116 valence electrons. The van der Waals surface area contributed by atoms with Gasteiger partial charge in [0.2, 0.25) is 0 Å². The van der Waals surface area contributed by atoms with Gasteiger partial charge in [0, 0.05) is 44.5 Å². The SMILES string of the molecule is CC(C)(C)OC(=O)N1CCN(Cc2ccc[nH]c2=O)CC1. The minimum atomic E-state index is -0.467. The van der Waals surface area contributed by atoms with Crippen LogP contribution in [0, 0.1) is 0 Å². The van der Waals surface area contributed by atoms with Crippen molar-refractivity contribution in [2.75, 3.05) is 26.2 Å². The highest BCUT2D eigenvalue weighted by molar-refractivity contribution is 5.68. The van der Waals surface area contributed by atoms with E-state index in [-0.39, 0.29) is 11.7 Å². The lowest BCUT2D eigenvalue weighted by Crippen LogP contribution is -2.49. The molecule has 21 heavy (non-hydrogen) atoms. The Bertz CT molecular complexity index is 540. The highest BCUT2D eigenvalue weighted by atomic mass is 16.6. The number of ether oxygens (including phenoxy) is 1. The number of aromatic amines is 1. The number of H-pyrrole nitrogens is 1. The Morgan fingerprint density at radius 2 is 1.95 bits per heavy atom. The summed E-state index contributed by atoms with van der Waals surface area (Å²) in [6.45, 7) is 8.94. The summed E-state index contributed by atoms with van der Waals surface area (Å²) < 4.78 is 5.36. The summed E-state index contributed by atoms with van der Waals surface area (Å²) in [5.74, 6) is 0. The fourth-order valence-electron chi connectivity index (χ4n) is 2.24. The monoisotopic (exact) mass is 293 g/mol. The van der Waals surface area contributed by atoms with Crippen LogP contribution < -0.4 is 5.56 Å². The summed E-state index contributed by atoms with van der Waals surface area (Å²) in [7, 11) is 0. The number of pyridine rings is 1. The quantitative estimate of drug-likeness (QED) is 0.896. The number of nitrogens with one attached hydrogen (secondary N) is 1. The van der Waals surface area contributed by atoms with E-state index < -0.39 is 5.60 Å². The van der Waals surface area contributed by atoms with Gasteiger partial charge in [-0.2, -0.15) is 0 Å².